The highest BCUT2D eigenvalue weighted by atomic mass is 79.9. The van der Waals surface area contributed by atoms with Crippen LogP contribution in [0.3, 0.4) is 0 Å². The molecule has 1 aliphatic heterocycles. The van der Waals surface area contributed by atoms with Gasteiger partial charge >= 0.3 is 0 Å². The molecular weight excluding hydrogens is 342 g/mol. The summed E-state index contributed by atoms with van der Waals surface area (Å²) in [5.74, 6) is -1.93. The predicted octanol–water partition coefficient (Wildman–Crippen LogP) is 1.76. The molecule has 0 radical (unpaired) electrons. The van der Waals surface area contributed by atoms with Crippen molar-refractivity contribution in [1.29, 1.82) is 0 Å². The van der Waals surface area contributed by atoms with Gasteiger partial charge < -0.3 is 5.32 Å². The minimum atomic E-state index is -4.00. The highest BCUT2D eigenvalue weighted by Gasteiger charge is 2.27. The fourth-order valence-electron chi connectivity index (χ4n) is 2.00. The molecule has 0 atom stereocenters. The molecule has 4 nitrogen and oxygen atoms in total. The fourth-order valence-corrected chi connectivity index (χ4v) is 4.47. The monoisotopic (exact) mass is 354 g/mol. The zero-order chi connectivity index (χ0) is 14.0. The maximum atomic E-state index is 13.7. The molecule has 0 saturated carbocycles. The first-order valence-corrected chi connectivity index (χ1v) is 8.05. The Hall–Kier alpha value is -0.570. The Morgan fingerprint density at radius 2 is 1.89 bits per heavy atom. The molecule has 19 heavy (non-hydrogen) atoms. The van der Waals surface area contributed by atoms with Crippen LogP contribution in [0.15, 0.2) is 21.5 Å². The minimum absolute atomic E-state index is 0.119. The van der Waals surface area contributed by atoms with Gasteiger partial charge in [0.2, 0.25) is 10.0 Å². The van der Waals surface area contributed by atoms with Crippen LogP contribution in [0.5, 0.6) is 0 Å². The van der Waals surface area contributed by atoms with Gasteiger partial charge in [0.05, 0.1) is 0 Å². The third kappa shape index (κ3) is 3.50. The average Bonchev–Trinajstić information content (AvgIpc) is 2.27. The summed E-state index contributed by atoms with van der Waals surface area (Å²) in [4.78, 5) is -0.549. The molecule has 1 fully saturated rings. The fraction of sp³-hybridized carbons (Fsp3) is 0.455. The van der Waals surface area contributed by atoms with E-state index in [9.17, 15) is 17.2 Å². The van der Waals surface area contributed by atoms with Gasteiger partial charge in [0, 0.05) is 16.6 Å². The zero-order valence-electron chi connectivity index (χ0n) is 9.92. The van der Waals surface area contributed by atoms with Crippen LogP contribution < -0.4 is 10.0 Å². The topological polar surface area (TPSA) is 58.2 Å². The number of rotatable bonds is 3. The highest BCUT2D eigenvalue weighted by molar-refractivity contribution is 9.10. The normalized spacial score (nSPS) is 17.6. The van der Waals surface area contributed by atoms with Crippen molar-refractivity contribution in [2.45, 2.75) is 23.8 Å². The Morgan fingerprint density at radius 3 is 2.47 bits per heavy atom. The van der Waals surface area contributed by atoms with Crippen LogP contribution in [0.4, 0.5) is 8.78 Å². The summed E-state index contributed by atoms with van der Waals surface area (Å²) in [6.07, 6.45) is 1.28. The summed E-state index contributed by atoms with van der Waals surface area (Å²) < 4.78 is 53.2. The van der Waals surface area contributed by atoms with E-state index in [2.05, 4.69) is 26.0 Å². The molecule has 106 valence electrons. The number of hydrogen-bond donors (Lipinski definition) is 2. The van der Waals surface area contributed by atoms with Crippen molar-refractivity contribution < 1.29 is 17.2 Å². The Bertz CT molecular complexity index is 551. The second kappa shape index (κ2) is 5.82. The molecule has 0 unspecified atom stereocenters. The van der Waals surface area contributed by atoms with Gasteiger partial charge in [-0.2, -0.15) is 0 Å². The first kappa shape index (κ1) is 14.8. The highest BCUT2D eigenvalue weighted by Crippen LogP contribution is 2.26. The largest absolute Gasteiger partial charge is 0.317 e. The number of benzene rings is 1. The molecule has 0 aliphatic carbocycles. The second-order valence-electron chi connectivity index (χ2n) is 4.34. The number of hydrogen-bond acceptors (Lipinski definition) is 3. The van der Waals surface area contributed by atoms with Crippen molar-refractivity contribution in [2.24, 2.45) is 0 Å². The van der Waals surface area contributed by atoms with Crippen LogP contribution in [0.1, 0.15) is 12.8 Å². The van der Waals surface area contributed by atoms with Gasteiger partial charge in [0.15, 0.2) is 0 Å². The van der Waals surface area contributed by atoms with Crippen LogP contribution in [-0.4, -0.2) is 27.5 Å². The lowest BCUT2D eigenvalue weighted by Gasteiger charge is -2.23. The number of sulfonamides is 1. The van der Waals surface area contributed by atoms with E-state index < -0.39 is 26.6 Å². The lowest BCUT2D eigenvalue weighted by Crippen LogP contribution is -2.42. The van der Waals surface area contributed by atoms with Crippen molar-refractivity contribution in [2.75, 3.05) is 13.1 Å². The summed E-state index contributed by atoms with van der Waals surface area (Å²) in [7, 11) is -4.00. The van der Waals surface area contributed by atoms with Crippen molar-refractivity contribution in [3.8, 4) is 0 Å². The van der Waals surface area contributed by atoms with Crippen LogP contribution in [0.2, 0.25) is 0 Å². The van der Waals surface area contributed by atoms with Gasteiger partial charge in [-0.3, -0.25) is 0 Å². The first-order valence-electron chi connectivity index (χ1n) is 5.78. The number of halogens is 3. The van der Waals surface area contributed by atoms with E-state index in [0.29, 0.717) is 32.0 Å². The molecule has 8 heteroatoms. The van der Waals surface area contributed by atoms with Gasteiger partial charge in [-0.25, -0.2) is 21.9 Å². The Balaban J connectivity index is 2.29. The molecule has 2 N–H and O–H groups in total. The van der Waals surface area contributed by atoms with Gasteiger partial charge in [0.25, 0.3) is 0 Å². The molecule has 0 aromatic heterocycles. The standard InChI is InChI=1S/C11H13BrF2N2O2S/c12-9-5-7(13)6-10(14)11(9)19(17,18)16-8-1-3-15-4-2-8/h5-6,8,15-16H,1-4H2. The molecular formula is C11H13BrF2N2O2S. The molecule has 0 bridgehead atoms. The van der Waals surface area contributed by atoms with E-state index in [0.717, 1.165) is 6.07 Å². The Labute approximate surface area is 118 Å². The summed E-state index contributed by atoms with van der Waals surface area (Å²) in [6, 6.07) is 1.25. The van der Waals surface area contributed by atoms with Crippen LogP contribution >= 0.6 is 15.9 Å². The van der Waals surface area contributed by atoms with E-state index >= 15 is 0 Å². The lowest BCUT2D eigenvalue weighted by atomic mass is 10.1. The number of nitrogens with one attached hydrogen (secondary N) is 2. The van der Waals surface area contributed by atoms with Gasteiger partial charge in [-0.1, -0.05) is 0 Å². The van der Waals surface area contributed by atoms with Crippen molar-refractivity contribution in [1.82, 2.24) is 10.0 Å². The van der Waals surface area contributed by atoms with E-state index in [-0.39, 0.29) is 10.5 Å². The smallest absolute Gasteiger partial charge is 0.244 e. The average molecular weight is 355 g/mol. The van der Waals surface area contributed by atoms with Gasteiger partial charge in [-0.05, 0) is 47.9 Å². The summed E-state index contributed by atoms with van der Waals surface area (Å²) >= 11 is 2.89. The Kier molecular flexibility index (Phi) is 4.54. The summed E-state index contributed by atoms with van der Waals surface area (Å²) in [5, 5.41) is 3.10. The molecule has 1 aromatic rings. The quantitative estimate of drug-likeness (QED) is 0.869. The summed E-state index contributed by atoms with van der Waals surface area (Å²) in [6.45, 7) is 1.42. The first-order chi connectivity index (χ1) is 8.90. The minimum Gasteiger partial charge on any atom is -0.317 e. The molecule has 1 saturated heterocycles. The van der Waals surface area contributed by atoms with Crippen molar-refractivity contribution in [3.63, 3.8) is 0 Å². The molecule has 1 aromatic carbocycles. The van der Waals surface area contributed by atoms with E-state index in [1.165, 1.54) is 0 Å². The van der Waals surface area contributed by atoms with Gasteiger partial charge in [0.1, 0.15) is 16.5 Å². The van der Waals surface area contributed by atoms with Crippen LogP contribution in [-0.2, 0) is 10.0 Å². The van der Waals surface area contributed by atoms with E-state index in [1.54, 1.807) is 0 Å². The summed E-state index contributed by atoms with van der Waals surface area (Å²) in [5.41, 5.74) is 0. The SMILES string of the molecule is O=S(=O)(NC1CCNCC1)c1c(F)cc(F)cc1Br. The second-order valence-corrected chi connectivity index (χ2v) is 6.85. The molecule has 0 spiro atoms. The van der Waals surface area contributed by atoms with E-state index in [1.807, 2.05) is 0 Å². The maximum Gasteiger partial charge on any atom is 0.244 e. The molecule has 1 aliphatic rings. The lowest BCUT2D eigenvalue weighted by molar-refractivity contribution is 0.425. The predicted molar refractivity (Wildman–Crippen MR) is 70.3 cm³/mol. The van der Waals surface area contributed by atoms with E-state index in [4.69, 9.17) is 0 Å². The van der Waals surface area contributed by atoms with Crippen LogP contribution in [0, 0.1) is 11.6 Å². The van der Waals surface area contributed by atoms with Gasteiger partial charge in [-0.15, -0.1) is 0 Å². The molecule has 1 heterocycles. The van der Waals surface area contributed by atoms with Crippen LogP contribution in [0.25, 0.3) is 0 Å². The Morgan fingerprint density at radius 1 is 1.26 bits per heavy atom. The third-order valence-electron chi connectivity index (χ3n) is 2.89. The molecule has 2 rings (SSSR count). The molecule has 0 amide bonds. The van der Waals surface area contributed by atoms with Crippen molar-refractivity contribution in [3.05, 3.63) is 28.2 Å². The zero-order valence-corrected chi connectivity index (χ0v) is 12.3. The van der Waals surface area contributed by atoms with Crippen molar-refractivity contribution >= 4 is 26.0 Å². The number of piperidine rings is 1. The maximum absolute atomic E-state index is 13.7. The third-order valence-corrected chi connectivity index (χ3v) is 5.38.